The molecule has 3 heteroatoms. The maximum absolute atomic E-state index is 9.39. The topological polar surface area (TPSA) is 26.3 Å². The van der Waals surface area contributed by atoms with Crippen LogP contribution < -0.4 is 0 Å². The Kier molecular flexibility index (Phi) is 4.65. The molecule has 1 radical (unpaired) electrons. The van der Waals surface area contributed by atoms with Crippen LogP contribution in [0.5, 0.6) is 0 Å². The summed E-state index contributed by atoms with van der Waals surface area (Å²) in [6.45, 7) is 3.46. The van der Waals surface area contributed by atoms with Crippen LogP contribution in [0.3, 0.4) is 0 Å². The first kappa shape index (κ1) is 7.69. The average Bonchev–Trinajstić information content (AvgIpc) is 1.66. The number of allylic oxidation sites excluding steroid dienone is 1. The standard InChI is InChI=1S/C5H6BrO2/c1-5(6)2-3-8-4-7/h2H,3H2,1H3/b5-2-. The zero-order chi connectivity index (χ0) is 6.41. The van der Waals surface area contributed by atoms with Crippen LogP contribution in [-0.4, -0.2) is 13.1 Å². The summed E-state index contributed by atoms with van der Waals surface area (Å²) >= 11 is 3.16. The third-order valence-corrected chi connectivity index (χ3v) is 0.831. The van der Waals surface area contributed by atoms with Gasteiger partial charge in [0.1, 0.15) is 6.61 Å². The summed E-state index contributed by atoms with van der Waals surface area (Å²) < 4.78 is 5.18. The first-order chi connectivity index (χ1) is 3.77. The second-order valence-electron chi connectivity index (χ2n) is 1.19. The smallest absolute Gasteiger partial charge is 0.417 e. The first-order valence-electron chi connectivity index (χ1n) is 2.08. The summed E-state index contributed by atoms with van der Waals surface area (Å²) in [7, 11) is 0. The van der Waals surface area contributed by atoms with E-state index >= 15 is 0 Å². The minimum absolute atomic E-state index is 0.292. The summed E-state index contributed by atoms with van der Waals surface area (Å²) in [6, 6.07) is 0. The molecule has 0 unspecified atom stereocenters. The second kappa shape index (κ2) is 4.84. The van der Waals surface area contributed by atoms with Gasteiger partial charge in [0.2, 0.25) is 0 Å². The molecule has 0 aromatic heterocycles. The Morgan fingerprint density at radius 1 is 2.00 bits per heavy atom. The summed E-state index contributed by atoms with van der Waals surface area (Å²) in [5, 5.41) is 0. The van der Waals surface area contributed by atoms with Gasteiger partial charge in [-0.1, -0.05) is 15.9 Å². The molecular weight excluding hydrogens is 172 g/mol. The molecule has 0 aromatic carbocycles. The maximum Gasteiger partial charge on any atom is 0.417 e. The predicted molar refractivity (Wildman–Crippen MR) is 34.3 cm³/mol. The van der Waals surface area contributed by atoms with E-state index in [1.807, 2.05) is 6.92 Å². The van der Waals surface area contributed by atoms with Gasteiger partial charge in [-0.25, -0.2) is 4.79 Å². The monoisotopic (exact) mass is 177 g/mol. The Labute approximate surface area is 56.7 Å². The molecule has 0 heterocycles. The van der Waals surface area contributed by atoms with Gasteiger partial charge >= 0.3 is 6.47 Å². The van der Waals surface area contributed by atoms with Gasteiger partial charge in [-0.15, -0.1) is 0 Å². The van der Waals surface area contributed by atoms with Crippen molar-refractivity contribution in [3.63, 3.8) is 0 Å². The molecule has 0 aliphatic rings. The molecule has 0 saturated heterocycles. The highest BCUT2D eigenvalue weighted by atomic mass is 79.9. The van der Waals surface area contributed by atoms with E-state index in [2.05, 4.69) is 20.7 Å². The molecule has 0 aliphatic carbocycles. The largest absolute Gasteiger partial charge is 0.453 e. The number of hydrogen-bond acceptors (Lipinski definition) is 2. The molecule has 0 N–H and O–H groups in total. The zero-order valence-corrected chi connectivity index (χ0v) is 6.06. The Morgan fingerprint density at radius 3 is 3.00 bits per heavy atom. The van der Waals surface area contributed by atoms with Crippen LogP contribution in [-0.2, 0) is 9.53 Å². The van der Waals surface area contributed by atoms with Crippen LogP contribution in [0.4, 0.5) is 0 Å². The summed E-state index contributed by atoms with van der Waals surface area (Å²) in [6.07, 6.45) is 1.73. The van der Waals surface area contributed by atoms with Crippen LogP contribution in [0.25, 0.3) is 0 Å². The highest BCUT2D eigenvalue weighted by molar-refractivity contribution is 9.11. The fraction of sp³-hybridized carbons (Fsp3) is 0.400. The van der Waals surface area contributed by atoms with E-state index in [-0.39, 0.29) is 0 Å². The van der Waals surface area contributed by atoms with Crippen LogP contribution in [0.15, 0.2) is 10.6 Å². The van der Waals surface area contributed by atoms with Crippen LogP contribution in [0.2, 0.25) is 0 Å². The van der Waals surface area contributed by atoms with Gasteiger partial charge in [-0.2, -0.15) is 0 Å². The maximum atomic E-state index is 9.39. The van der Waals surface area contributed by atoms with E-state index in [1.165, 1.54) is 6.47 Å². The third-order valence-electron chi connectivity index (χ3n) is 0.507. The normalized spacial score (nSPS) is 11.0. The van der Waals surface area contributed by atoms with Crippen LogP contribution in [0, 0.1) is 0 Å². The van der Waals surface area contributed by atoms with Crippen molar-refractivity contribution in [2.75, 3.05) is 6.61 Å². The van der Waals surface area contributed by atoms with Gasteiger partial charge in [0, 0.05) is 0 Å². The third kappa shape index (κ3) is 5.69. The van der Waals surface area contributed by atoms with Crippen molar-refractivity contribution in [1.29, 1.82) is 0 Å². The van der Waals surface area contributed by atoms with Gasteiger partial charge < -0.3 is 4.74 Å². The van der Waals surface area contributed by atoms with Gasteiger partial charge in [-0.05, 0) is 17.5 Å². The molecule has 8 heavy (non-hydrogen) atoms. The average molecular weight is 178 g/mol. The first-order valence-corrected chi connectivity index (χ1v) is 2.88. The lowest BCUT2D eigenvalue weighted by molar-refractivity contribution is 0.313. The van der Waals surface area contributed by atoms with Crippen molar-refractivity contribution in [3.8, 4) is 0 Å². The molecule has 0 saturated carbocycles. The second-order valence-corrected chi connectivity index (χ2v) is 2.44. The van der Waals surface area contributed by atoms with E-state index in [0.717, 1.165) is 4.48 Å². The molecule has 0 aliphatic heterocycles. The Hall–Kier alpha value is -0.310. The number of carbonyl (C=O) groups excluding carboxylic acids is 1. The highest BCUT2D eigenvalue weighted by Gasteiger charge is 1.78. The van der Waals surface area contributed by atoms with Crippen molar-refractivity contribution in [2.45, 2.75) is 6.92 Å². The van der Waals surface area contributed by atoms with E-state index in [9.17, 15) is 4.79 Å². The SMILES string of the molecule is C/C(Br)=C/CO[C]=O. The summed E-state index contributed by atoms with van der Waals surface area (Å²) in [5.74, 6) is 0. The van der Waals surface area contributed by atoms with Gasteiger partial charge in [-0.3, -0.25) is 0 Å². The summed E-state index contributed by atoms with van der Waals surface area (Å²) in [5.41, 5.74) is 0. The van der Waals surface area contributed by atoms with Gasteiger partial charge in [0.05, 0.1) is 0 Å². The molecule has 2 nitrogen and oxygen atoms in total. The lowest BCUT2D eigenvalue weighted by Crippen LogP contribution is -1.85. The van der Waals surface area contributed by atoms with Gasteiger partial charge in [0.25, 0.3) is 0 Å². The molecule has 0 rings (SSSR count). The summed E-state index contributed by atoms with van der Waals surface area (Å²) in [4.78, 5) is 9.39. The van der Waals surface area contributed by atoms with E-state index in [0.29, 0.717) is 6.61 Å². The Balaban J connectivity index is 3.15. The molecule has 0 spiro atoms. The number of rotatable bonds is 3. The van der Waals surface area contributed by atoms with Gasteiger partial charge in [0.15, 0.2) is 0 Å². The van der Waals surface area contributed by atoms with Crippen molar-refractivity contribution < 1.29 is 9.53 Å². The Morgan fingerprint density at radius 2 is 2.62 bits per heavy atom. The number of halogens is 1. The van der Waals surface area contributed by atoms with Crippen molar-refractivity contribution >= 4 is 22.4 Å². The zero-order valence-electron chi connectivity index (χ0n) is 4.48. The van der Waals surface area contributed by atoms with E-state index < -0.39 is 0 Å². The van der Waals surface area contributed by atoms with Crippen molar-refractivity contribution in [3.05, 3.63) is 10.6 Å². The molecule has 0 amide bonds. The molecular formula is C5H6BrO2. The lowest BCUT2D eigenvalue weighted by atomic mass is 10.6. The minimum atomic E-state index is 0.292. The fourth-order valence-corrected chi connectivity index (χ4v) is 0.323. The highest BCUT2D eigenvalue weighted by Crippen LogP contribution is 1.99. The molecule has 45 valence electrons. The van der Waals surface area contributed by atoms with Crippen LogP contribution >= 0.6 is 15.9 Å². The van der Waals surface area contributed by atoms with E-state index in [4.69, 9.17) is 0 Å². The number of ether oxygens (including phenoxy) is 1. The van der Waals surface area contributed by atoms with Crippen molar-refractivity contribution in [1.82, 2.24) is 0 Å². The molecule has 0 atom stereocenters. The lowest BCUT2D eigenvalue weighted by Gasteiger charge is -1.86. The Bertz CT molecular complexity index is 94.6. The van der Waals surface area contributed by atoms with Crippen LogP contribution in [0.1, 0.15) is 6.92 Å². The van der Waals surface area contributed by atoms with Crippen molar-refractivity contribution in [2.24, 2.45) is 0 Å². The molecule has 0 aromatic rings. The number of hydrogen-bond donors (Lipinski definition) is 0. The quantitative estimate of drug-likeness (QED) is 0.610. The molecule has 0 fully saturated rings. The minimum Gasteiger partial charge on any atom is -0.453 e. The van der Waals surface area contributed by atoms with E-state index in [1.54, 1.807) is 6.08 Å². The fourth-order valence-electron chi connectivity index (χ4n) is 0.191. The predicted octanol–water partition coefficient (Wildman–Crippen LogP) is 1.37. The molecule has 0 bridgehead atoms.